The number of benzene rings is 1. The largest absolute Gasteiger partial charge is 0.497 e. The molecule has 96 valence electrons. The number of imidazole rings is 1. The third-order valence-corrected chi connectivity index (χ3v) is 3.32. The first-order valence-corrected chi connectivity index (χ1v) is 7.38. The number of nitrogens with zero attached hydrogens (tertiary/aromatic N) is 2. The van der Waals surface area contributed by atoms with Crippen molar-refractivity contribution in [1.82, 2.24) is 9.55 Å². The first kappa shape index (κ1) is 12.6. The molecule has 18 heavy (non-hydrogen) atoms. The molecule has 0 fully saturated rings. The molecule has 0 aliphatic rings. The van der Waals surface area contributed by atoms with Gasteiger partial charge in [-0.2, -0.15) is 0 Å². The van der Waals surface area contributed by atoms with Crippen LogP contribution in [0.4, 0.5) is 0 Å². The molecule has 0 radical (unpaired) electrons. The van der Waals surface area contributed by atoms with E-state index in [1.165, 1.54) is 6.26 Å². The minimum Gasteiger partial charge on any atom is -0.497 e. The Morgan fingerprint density at radius 1 is 1.39 bits per heavy atom. The normalized spacial score (nSPS) is 11.4. The Bertz CT molecular complexity index is 633. The summed E-state index contributed by atoms with van der Waals surface area (Å²) in [6.45, 7) is 0. The fourth-order valence-corrected chi connectivity index (χ4v) is 2.54. The molecular weight excluding hydrogens is 252 g/mol. The molecule has 0 saturated heterocycles. The van der Waals surface area contributed by atoms with Crippen LogP contribution < -0.4 is 4.74 Å². The molecule has 0 unspecified atom stereocenters. The molecule has 0 bridgehead atoms. The summed E-state index contributed by atoms with van der Waals surface area (Å²) < 4.78 is 29.8. The Balaban J connectivity index is 2.52. The summed E-state index contributed by atoms with van der Waals surface area (Å²) in [6, 6.07) is 5.35. The number of hydrogen-bond acceptors (Lipinski definition) is 4. The van der Waals surface area contributed by atoms with Gasteiger partial charge in [0.25, 0.3) is 0 Å². The number of sulfone groups is 1. The Hall–Kier alpha value is -1.82. The summed E-state index contributed by atoms with van der Waals surface area (Å²) in [4.78, 5) is 3.96. The van der Waals surface area contributed by atoms with Crippen molar-refractivity contribution in [3.05, 3.63) is 42.5 Å². The lowest BCUT2D eigenvalue weighted by Gasteiger charge is -2.11. The fraction of sp³-hybridized carbons (Fsp3) is 0.250. The van der Waals surface area contributed by atoms with Gasteiger partial charge in [0, 0.05) is 18.6 Å². The zero-order valence-electron chi connectivity index (χ0n) is 10.2. The van der Waals surface area contributed by atoms with Crippen molar-refractivity contribution in [2.45, 2.75) is 5.75 Å². The van der Waals surface area contributed by atoms with Crippen LogP contribution in [0.1, 0.15) is 5.56 Å². The highest BCUT2D eigenvalue weighted by atomic mass is 32.2. The van der Waals surface area contributed by atoms with E-state index in [-0.39, 0.29) is 5.75 Å². The van der Waals surface area contributed by atoms with Gasteiger partial charge >= 0.3 is 0 Å². The van der Waals surface area contributed by atoms with Crippen LogP contribution in [0.25, 0.3) is 5.69 Å². The van der Waals surface area contributed by atoms with Crippen molar-refractivity contribution >= 4 is 9.84 Å². The van der Waals surface area contributed by atoms with Crippen molar-refractivity contribution in [1.29, 1.82) is 0 Å². The van der Waals surface area contributed by atoms with E-state index in [9.17, 15) is 8.42 Å². The van der Waals surface area contributed by atoms with Gasteiger partial charge in [0.05, 0.1) is 24.9 Å². The molecule has 0 aliphatic carbocycles. The summed E-state index contributed by atoms with van der Waals surface area (Å²) >= 11 is 0. The Labute approximate surface area is 106 Å². The monoisotopic (exact) mass is 266 g/mol. The molecule has 0 saturated carbocycles. The van der Waals surface area contributed by atoms with Crippen molar-refractivity contribution in [2.24, 2.45) is 0 Å². The van der Waals surface area contributed by atoms with E-state index < -0.39 is 9.84 Å². The molecule has 1 heterocycles. The Morgan fingerprint density at radius 3 is 2.72 bits per heavy atom. The molecule has 0 N–H and O–H groups in total. The maximum absolute atomic E-state index is 11.5. The average molecular weight is 266 g/mol. The topological polar surface area (TPSA) is 61.2 Å². The third kappa shape index (κ3) is 2.89. The van der Waals surface area contributed by atoms with Crippen molar-refractivity contribution < 1.29 is 13.2 Å². The highest BCUT2D eigenvalue weighted by Crippen LogP contribution is 2.22. The summed E-state index contributed by atoms with van der Waals surface area (Å²) in [7, 11) is -1.55. The molecule has 0 spiro atoms. The van der Waals surface area contributed by atoms with Crippen LogP contribution in [0.5, 0.6) is 5.75 Å². The molecule has 1 aromatic carbocycles. The van der Waals surface area contributed by atoms with Crippen LogP contribution in [-0.4, -0.2) is 31.3 Å². The predicted octanol–water partition coefficient (Wildman–Crippen LogP) is 1.43. The maximum Gasteiger partial charge on any atom is 0.151 e. The van der Waals surface area contributed by atoms with Crippen LogP contribution in [0.15, 0.2) is 36.9 Å². The Kier molecular flexibility index (Phi) is 3.38. The molecule has 5 nitrogen and oxygen atoms in total. The average Bonchev–Trinajstić information content (AvgIpc) is 2.80. The number of ether oxygens (including phenoxy) is 1. The standard InChI is InChI=1S/C12H14N2O3S/c1-17-11-3-4-12(14-6-5-13-9-14)10(7-11)8-18(2,15)16/h3-7,9H,8H2,1-2H3. The highest BCUT2D eigenvalue weighted by Gasteiger charge is 2.12. The second kappa shape index (κ2) is 4.81. The number of rotatable bonds is 4. The van der Waals surface area contributed by atoms with Crippen LogP contribution >= 0.6 is 0 Å². The first-order chi connectivity index (χ1) is 8.49. The van der Waals surface area contributed by atoms with Gasteiger partial charge in [0.2, 0.25) is 0 Å². The molecular formula is C12H14N2O3S. The van der Waals surface area contributed by atoms with Crippen molar-refractivity contribution in [2.75, 3.05) is 13.4 Å². The SMILES string of the molecule is COc1ccc(-n2ccnc2)c(CS(C)(=O)=O)c1. The van der Waals surface area contributed by atoms with E-state index in [2.05, 4.69) is 4.98 Å². The lowest BCUT2D eigenvalue weighted by atomic mass is 10.2. The molecule has 6 heteroatoms. The smallest absolute Gasteiger partial charge is 0.151 e. The quantitative estimate of drug-likeness (QED) is 0.839. The molecule has 2 aromatic rings. The number of aromatic nitrogens is 2. The van der Waals surface area contributed by atoms with Gasteiger partial charge in [-0.25, -0.2) is 13.4 Å². The van der Waals surface area contributed by atoms with Crippen LogP contribution in [0.2, 0.25) is 0 Å². The molecule has 2 rings (SSSR count). The van der Waals surface area contributed by atoms with Crippen LogP contribution in [0, 0.1) is 0 Å². The van der Waals surface area contributed by atoms with Crippen molar-refractivity contribution in [3.63, 3.8) is 0 Å². The number of hydrogen-bond donors (Lipinski definition) is 0. The van der Waals surface area contributed by atoms with Gasteiger partial charge in [0.15, 0.2) is 9.84 Å². The predicted molar refractivity (Wildman–Crippen MR) is 68.7 cm³/mol. The maximum atomic E-state index is 11.5. The van der Waals surface area contributed by atoms with E-state index in [4.69, 9.17) is 4.74 Å². The van der Waals surface area contributed by atoms with Crippen LogP contribution in [-0.2, 0) is 15.6 Å². The lowest BCUT2D eigenvalue weighted by molar-refractivity contribution is 0.414. The Morgan fingerprint density at radius 2 is 2.17 bits per heavy atom. The first-order valence-electron chi connectivity index (χ1n) is 5.32. The second-order valence-electron chi connectivity index (χ2n) is 4.03. The second-order valence-corrected chi connectivity index (χ2v) is 6.17. The lowest BCUT2D eigenvalue weighted by Crippen LogP contribution is -2.05. The van der Waals surface area contributed by atoms with Gasteiger partial charge in [0.1, 0.15) is 5.75 Å². The van der Waals surface area contributed by atoms with Gasteiger partial charge in [-0.05, 0) is 23.8 Å². The van der Waals surface area contributed by atoms with Crippen LogP contribution in [0.3, 0.4) is 0 Å². The summed E-state index contributed by atoms with van der Waals surface area (Å²) in [5.74, 6) is 0.607. The van der Waals surface area contributed by atoms with Gasteiger partial charge in [-0.1, -0.05) is 0 Å². The van der Waals surface area contributed by atoms with Gasteiger partial charge in [-0.15, -0.1) is 0 Å². The molecule has 0 amide bonds. The van der Waals surface area contributed by atoms with E-state index in [0.29, 0.717) is 11.3 Å². The summed E-state index contributed by atoms with van der Waals surface area (Å²) in [6.07, 6.45) is 6.26. The minimum absolute atomic E-state index is 0.0300. The van der Waals surface area contributed by atoms with Crippen molar-refractivity contribution in [3.8, 4) is 11.4 Å². The van der Waals surface area contributed by atoms with E-state index in [1.54, 1.807) is 42.5 Å². The zero-order chi connectivity index (χ0) is 13.2. The summed E-state index contributed by atoms with van der Waals surface area (Å²) in [5, 5.41) is 0. The fourth-order valence-electron chi connectivity index (χ4n) is 1.74. The minimum atomic E-state index is -3.11. The molecule has 0 atom stereocenters. The van der Waals surface area contributed by atoms with Gasteiger partial charge in [-0.3, -0.25) is 0 Å². The highest BCUT2D eigenvalue weighted by molar-refractivity contribution is 7.89. The molecule has 0 aliphatic heterocycles. The third-order valence-electron chi connectivity index (χ3n) is 2.49. The number of methoxy groups -OCH3 is 1. The molecule has 1 aromatic heterocycles. The zero-order valence-corrected chi connectivity index (χ0v) is 11.0. The van der Waals surface area contributed by atoms with E-state index in [0.717, 1.165) is 5.69 Å². The van der Waals surface area contributed by atoms with E-state index in [1.807, 2.05) is 6.07 Å². The van der Waals surface area contributed by atoms with Gasteiger partial charge < -0.3 is 9.30 Å². The van der Waals surface area contributed by atoms with E-state index >= 15 is 0 Å². The summed E-state index contributed by atoms with van der Waals surface area (Å²) in [5.41, 5.74) is 1.48.